The first-order valence-corrected chi connectivity index (χ1v) is 6.01. The maximum Gasteiger partial charge on any atom is 0.0948 e. The average molecular weight is 197 g/mol. The van der Waals surface area contributed by atoms with Gasteiger partial charge in [-0.15, -0.1) is 0 Å². The lowest BCUT2D eigenvalue weighted by atomic mass is 10.00. The molecule has 0 spiro atoms. The first-order valence-electron chi connectivity index (χ1n) is 4.61. The number of aromatic nitrogens is 2. The van der Waals surface area contributed by atoms with Crippen molar-refractivity contribution >= 4 is 11.8 Å². The minimum Gasteiger partial charge on any atom is -0.333 e. The van der Waals surface area contributed by atoms with Crippen molar-refractivity contribution in [1.82, 2.24) is 14.9 Å². The van der Waals surface area contributed by atoms with Gasteiger partial charge in [0.05, 0.1) is 6.33 Å². The summed E-state index contributed by atoms with van der Waals surface area (Å²) in [6, 6.07) is 0. The normalized spacial score (nSPS) is 17.3. The second-order valence-electron chi connectivity index (χ2n) is 3.36. The van der Waals surface area contributed by atoms with Gasteiger partial charge >= 0.3 is 0 Å². The third-order valence-electron chi connectivity index (χ3n) is 2.48. The molecule has 4 heteroatoms. The number of nitrogens with one attached hydrogen (secondary N) is 1. The molecule has 0 atom stereocenters. The van der Waals surface area contributed by atoms with E-state index in [1.807, 2.05) is 24.3 Å². The third-order valence-corrected chi connectivity index (χ3v) is 3.07. The molecule has 0 radical (unpaired) electrons. The first kappa shape index (κ1) is 9.09. The van der Waals surface area contributed by atoms with Crippen molar-refractivity contribution in [3.8, 4) is 0 Å². The number of nitrogens with zero attached hydrogens (tertiary/aromatic N) is 2. The predicted molar refractivity (Wildman–Crippen MR) is 56.2 cm³/mol. The molecule has 3 nitrogen and oxygen atoms in total. The maximum absolute atomic E-state index is 4.20. The zero-order valence-electron chi connectivity index (χ0n) is 7.86. The molecule has 13 heavy (non-hydrogen) atoms. The highest BCUT2D eigenvalue weighted by Gasteiger charge is 2.21. The molecule has 0 unspecified atom stereocenters. The van der Waals surface area contributed by atoms with E-state index in [0.29, 0.717) is 5.92 Å². The highest BCUT2D eigenvalue weighted by atomic mass is 32.2. The lowest BCUT2D eigenvalue weighted by molar-refractivity contribution is 0.426. The Bertz CT molecular complexity index is 268. The molecule has 1 N–H and O–H groups in total. The summed E-state index contributed by atoms with van der Waals surface area (Å²) in [6.07, 6.45) is 6.09. The zero-order chi connectivity index (χ0) is 9.10. The summed E-state index contributed by atoms with van der Waals surface area (Å²) in [4.78, 5) is 4.20. The van der Waals surface area contributed by atoms with Gasteiger partial charge in [0.15, 0.2) is 0 Å². The number of aryl methyl sites for hydroxylation is 1. The van der Waals surface area contributed by atoms with Gasteiger partial charge in [-0.2, -0.15) is 11.8 Å². The fourth-order valence-electron chi connectivity index (χ4n) is 1.55. The van der Waals surface area contributed by atoms with Crippen molar-refractivity contribution in [3.63, 3.8) is 0 Å². The van der Waals surface area contributed by atoms with Crippen molar-refractivity contribution in [2.75, 3.05) is 25.1 Å². The minimum atomic E-state index is 0.698. The van der Waals surface area contributed by atoms with Gasteiger partial charge in [-0.05, 0) is 6.26 Å². The zero-order valence-corrected chi connectivity index (χ0v) is 8.68. The Morgan fingerprint density at radius 3 is 3.15 bits per heavy atom. The van der Waals surface area contributed by atoms with Crippen molar-refractivity contribution < 1.29 is 0 Å². The molecule has 1 aliphatic heterocycles. The molecule has 2 heterocycles. The number of rotatable bonds is 4. The largest absolute Gasteiger partial charge is 0.333 e. The molecule has 1 aliphatic rings. The number of imidazole rings is 1. The van der Waals surface area contributed by atoms with Gasteiger partial charge in [0.25, 0.3) is 0 Å². The molecule has 0 aliphatic carbocycles. The van der Waals surface area contributed by atoms with Crippen LogP contribution >= 0.6 is 11.8 Å². The highest BCUT2D eigenvalue weighted by molar-refractivity contribution is 7.98. The topological polar surface area (TPSA) is 29.9 Å². The Morgan fingerprint density at radius 2 is 2.54 bits per heavy atom. The summed E-state index contributed by atoms with van der Waals surface area (Å²) in [5.74, 6) is 1.87. The van der Waals surface area contributed by atoms with Crippen LogP contribution in [0.15, 0.2) is 12.5 Å². The molecule has 1 aromatic rings. The van der Waals surface area contributed by atoms with Crippen LogP contribution in [0.5, 0.6) is 0 Å². The fraction of sp³-hybridized carbons (Fsp3) is 0.667. The van der Waals surface area contributed by atoms with Crippen LogP contribution in [0.1, 0.15) is 11.6 Å². The van der Waals surface area contributed by atoms with Crippen LogP contribution in [0.25, 0.3) is 0 Å². The van der Waals surface area contributed by atoms with E-state index >= 15 is 0 Å². The molecule has 2 rings (SSSR count). The molecule has 0 saturated carbocycles. The molecule has 1 aromatic heterocycles. The lowest BCUT2D eigenvalue weighted by Crippen LogP contribution is -2.40. The number of hydrogen-bond donors (Lipinski definition) is 1. The first-order chi connectivity index (χ1) is 6.42. The van der Waals surface area contributed by atoms with Crippen molar-refractivity contribution in [1.29, 1.82) is 0 Å². The Balaban J connectivity index is 2.02. The van der Waals surface area contributed by atoms with Gasteiger partial charge in [0, 0.05) is 43.2 Å². The van der Waals surface area contributed by atoms with E-state index in [2.05, 4.69) is 21.1 Å². The molecule has 1 saturated heterocycles. The van der Waals surface area contributed by atoms with E-state index in [0.717, 1.165) is 19.6 Å². The van der Waals surface area contributed by atoms with Gasteiger partial charge in [-0.25, -0.2) is 4.98 Å². The summed E-state index contributed by atoms with van der Waals surface area (Å²) < 4.78 is 2.28. The van der Waals surface area contributed by atoms with Crippen LogP contribution in [0, 0.1) is 0 Å². The summed E-state index contributed by atoms with van der Waals surface area (Å²) >= 11 is 1.88. The minimum absolute atomic E-state index is 0.698. The summed E-state index contributed by atoms with van der Waals surface area (Å²) in [7, 11) is 0. The molecule has 1 fully saturated rings. The number of hydrogen-bond acceptors (Lipinski definition) is 3. The van der Waals surface area contributed by atoms with E-state index in [9.17, 15) is 0 Å². The van der Waals surface area contributed by atoms with Crippen LogP contribution in [0.3, 0.4) is 0 Å². The second kappa shape index (κ2) is 4.15. The van der Waals surface area contributed by atoms with Crippen LogP contribution in [0.2, 0.25) is 0 Å². The van der Waals surface area contributed by atoms with Gasteiger partial charge in [-0.3, -0.25) is 0 Å². The van der Waals surface area contributed by atoms with E-state index in [1.54, 1.807) is 0 Å². The van der Waals surface area contributed by atoms with E-state index < -0.39 is 0 Å². The molecule has 72 valence electrons. The Morgan fingerprint density at radius 1 is 1.69 bits per heavy atom. The highest BCUT2D eigenvalue weighted by Crippen LogP contribution is 2.19. The van der Waals surface area contributed by atoms with Gasteiger partial charge in [0.2, 0.25) is 0 Å². The van der Waals surface area contributed by atoms with E-state index in [-0.39, 0.29) is 0 Å². The smallest absolute Gasteiger partial charge is 0.0948 e. The molecule has 0 bridgehead atoms. The lowest BCUT2D eigenvalue weighted by Gasteiger charge is -2.27. The third kappa shape index (κ3) is 1.89. The second-order valence-corrected chi connectivity index (χ2v) is 4.35. The van der Waals surface area contributed by atoms with Crippen molar-refractivity contribution in [2.24, 2.45) is 0 Å². The molecule has 0 aromatic carbocycles. The van der Waals surface area contributed by atoms with Crippen LogP contribution in [-0.2, 0) is 6.54 Å². The SMILES string of the molecule is CSCCn1cncc1C1CNC1. The molecular formula is C9H15N3S. The van der Waals surface area contributed by atoms with Gasteiger partial charge in [0.1, 0.15) is 0 Å². The van der Waals surface area contributed by atoms with Crippen LogP contribution in [-0.4, -0.2) is 34.6 Å². The predicted octanol–water partition coefficient (Wildman–Crippen LogP) is 0.933. The fourth-order valence-corrected chi connectivity index (χ4v) is 1.92. The Kier molecular flexibility index (Phi) is 2.90. The monoisotopic (exact) mass is 197 g/mol. The summed E-state index contributed by atoms with van der Waals surface area (Å²) in [6.45, 7) is 3.32. The molecule has 0 amide bonds. The Labute approximate surface area is 82.9 Å². The summed E-state index contributed by atoms with van der Waals surface area (Å²) in [5.41, 5.74) is 1.40. The maximum atomic E-state index is 4.20. The van der Waals surface area contributed by atoms with E-state index in [4.69, 9.17) is 0 Å². The van der Waals surface area contributed by atoms with Crippen LogP contribution < -0.4 is 5.32 Å². The Hall–Kier alpha value is -0.480. The van der Waals surface area contributed by atoms with E-state index in [1.165, 1.54) is 11.4 Å². The van der Waals surface area contributed by atoms with Crippen molar-refractivity contribution in [2.45, 2.75) is 12.5 Å². The van der Waals surface area contributed by atoms with Gasteiger partial charge in [-0.1, -0.05) is 0 Å². The number of thioether (sulfide) groups is 1. The van der Waals surface area contributed by atoms with Gasteiger partial charge < -0.3 is 9.88 Å². The molecular weight excluding hydrogens is 182 g/mol. The summed E-state index contributed by atoms with van der Waals surface area (Å²) in [5, 5.41) is 3.29. The standard InChI is InChI=1S/C9H15N3S/c1-13-3-2-12-7-11-6-9(12)8-4-10-5-8/h6-8,10H,2-5H2,1H3. The average Bonchev–Trinajstić information content (AvgIpc) is 2.46. The quantitative estimate of drug-likeness (QED) is 0.779. The van der Waals surface area contributed by atoms with Crippen molar-refractivity contribution in [3.05, 3.63) is 18.2 Å². The van der Waals surface area contributed by atoms with Crippen LogP contribution in [0.4, 0.5) is 0 Å².